The molecule has 56 heavy (non-hydrogen) atoms. The zero-order chi connectivity index (χ0) is 37.3. The number of furan rings is 1. The summed E-state index contributed by atoms with van der Waals surface area (Å²) in [7, 11) is -2.69. The molecular weight excluding hydrogens is 699 g/mol. The summed E-state index contributed by atoms with van der Waals surface area (Å²) in [5.74, 6) is 1.82. The lowest BCUT2D eigenvalue weighted by Crippen LogP contribution is -2.74. The van der Waals surface area contributed by atoms with E-state index in [9.17, 15) is 0 Å². The normalized spacial score (nSPS) is 11.6. The van der Waals surface area contributed by atoms with Crippen molar-refractivity contribution in [3.63, 3.8) is 0 Å². The van der Waals surface area contributed by atoms with Crippen molar-refractivity contribution >= 4 is 50.8 Å². The van der Waals surface area contributed by atoms with Gasteiger partial charge in [-0.1, -0.05) is 206 Å². The van der Waals surface area contributed by atoms with Gasteiger partial charge < -0.3 is 4.42 Å². The predicted octanol–water partition coefficient (Wildman–Crippen LogP) is 9.82. The number of rotatable bonds is 8. The van der Waals surface area contributed by atoms with Crippen LogP contribution < -0.4 is 20.7 Å². The first-order valence-corrected chi connectivity index (χ1v) is 20.9. The van der Waals surface area contributed by atoms with Gasteiger partial charge in [-0.05, 0) is 32.4 Å². The lowest BCUT2D eigenvalue weighted by molar-refractivity contribution is 0.670. The van der Waals surface area contributed by atoms with Crippen molar-refractivity contribution < 1.29 is 4.42 Å². The van der Waals surface area contributed by atoms with E-state index >= 15 is 0 Å². The lowest BCUT2D eigenvalue weighted by Gasteiger charge is -2.34. The van der Waals surface area contributed by atoms with E-state index in [-0.39, 0.29) is 0 Å². The Labute approximate surface area is 326 Å². The van der Waals surface area contributed by atoms with Crippen molar-refractivity contribution in [2.75, 3.05) is 0 Å². The summed E-state index contributed by atoms with van der Waals surface area (Å²) < 4.78 is 6.62. The van der Waals surface area contributed by atoms with Crippen molar-refractivity contribution in [1.29, 1.82) is 0 Å². The van der Waals surface area contributed by atoms with Gasteiger partial charge in [0.2, 0.25) is 0 Å². The molecule has 0 atom stereocenters. The summed E-state index contributed by atoms with van der Waals surface area (Å²) in [5, 5.41) is 7.27. The fraction of sp³-hybridized carbons (Fsp3) is 0. The smallest absolute Gasteiger partial charge is 0.179 e. The van der Waals surface area contributed by atoms with Crippen LogP contribution in [0.5, 0.6) is 0 Å². The molecule has 5 heteroatoms. The van der Waals surface area contributed by atoms with Crippen LogP contribution in [-0.2, 0) is 0 Å². The zero-order valence-corrected chi connectivity index (χ0v) is 31.5. The van der Waals surface area contributed by atoms with E-state index in [0.29, 0.717) is 17.5 Å². The molecule has 0 amide bonds. The van der Waals surface area contributed by atoms with E-state index < -0.39 is 8.07 Å². The van der Waals surface area contributed by atoms with Crippen LogP contribution in [0.25, 0.3) is 67.2 Å². The van der Waals surface area contributed by atoms with E-state index in [1.807, 2.05) is 48.5 Å². The average molecular weight is 734 g/mol. The largest absolute Gasteiger partial charge is 0.455 e. The zero-order valence-electron chi connectivity index (χ0n) is 30.5. The van der Waals surface area contributed by atoms with Crippen LogP contribution in [0, 0.1) is 0 Å². The van der Waals surface area contributed by atoms with Crippen LogP contribution in [0.15, 0.2) is 217 Å². The molecule has 4 nitrogen and oxygen atoms in total. The van der Waals surface area contributed by atoms with Gasteiger partial charge in [0.25, 0.3) is 0 Å². The van der Waals surface area contributed by atoms with Crippen molar-refractivity contribution in [2.45, 2.75) is 0 Å². The van der Waals surface area contributed by atoms with Gasteiger partial charge in [0, 0.05) is 33.0 Å². The number of benzene rings is 8. The molecule has 0 unspecified atom stereocenters. The number of hydrogen-bond donors (Lipinski definition) is 0. The molecule has 0 aliphatic rings. The third-order valence-corrected chi connectivity index (χ3v) is 15.5. The standard InChI is InChI=1S/C51H35N3OSi/c1-6-18-36(19-7-1)43-28-16-29-44-47-45(30-17-31-46(47)55-48(43)44)51-53-49(37-20-8-2-9-21-37)52-50(54-51)38-32-34-42(35-33-38)56(39-22-10-3-11-23-39,40-24-12-4-13-25-40)41-26-14-5-15-27-41/h1-35H. The molecule has 0 N–H and O–H groups in total. The van der Waals surface area contributed by atoms with Crippen LogP contribution >= 0.6 is 0 Å². The molecule has 0 saturated heterocycles. The van der Waals surface area contributed by atoms with Gasteiger partial charge in [-0.15, -0.1) is 0 Å². The summed E-state index contributed by atoms with van der Waals surface area (Å²) in [4.78, 5) is 15.5. The molecule has 10 rings (SSSR count). The van der Waals surface area contributed by atoms with Crippen LogP contribution in [0.2, 0.25) is 0 Å². The molecule has 0 bridgehead atoms. The van der Waals surface area contributed by atoms with Gasteiger partial charge in [0.1, 0.15) is 11.2 Å². The number of para-hydroxylation sites is 1. The van der Waals surface area contributed by atoms with Crippen LogP contribution in [0.3, 0.4) is 0 Å². The Balaban J connectivity index is 1.16. The summed E-state index contributed by atoms with van der Waals surface area (Å²) in [6, 6.07) is 74.8. The summed E-state index contributed by atoms with van der Waals surface area (Å²) in [6.45, 7) is 0. The molecule has 2 heterocycles. The second-order valence-electron chi connectivity index (χ2n) is 13.9. The maximum Gasteiger partial charge on any atom is 0.179 e. The fourth-order valence-electron chi connectivity index (χ4n) is 8.15. The first kappa shape index (κ1) is 33.4. The molecule has 0 aliphatic carbocycles. The lowest BCUT2D eigenvalue weighted by atomic mass is 10.0. The Morgan fingerprint density at radius 3 is 1.30 bits per heavy atom. The molecule has 0 aliphatic heterocycles. The molecule has 0 saturated carbocycles. The minimum absolute atomic E-state index is 0.595. The van der Waals surface area contributed by atoms with Gasteiger partial charge >= 0.3 is 0 Å². The highest BCUT2D eigenvalue weighted by Crippen LogP contribution is 2.40. The van der Waals surface area contributed by atoms with Crippen molar-refractivity contribution in [2.24, 2.45) is 0 Å². The molecule has 264 valence electrons. The Morgan fingerprint density at radius 2 is 0.750 bits per heavy atom. The van der Waals surface area contributed by atoms with E-state index in [1.54, 1.807) is 0 Å². The molecular formula is C51H35N3OSi. The van der Waals surface area contributed by atoms with E-state index in [2.05, 4.69) is 164 Å². The average Bonchev–Trinajstić information content (AvgIpc) is 3.68. The van der Waals surface area contributed by atoms with Crippen LogP contribution in [-0.4, -0.2) is 23.0 Å². The Morgan fingerprint density at radius 1 is 0.321 bits per heavy atom. The van der Waals surface area contributed by atoms with Crippen LogP contribution in [0.4, 0.5) is 0 Å². The van der Waals surface area contributed by atoms with E-state index in [1.165, 1.54) is 20.7 Å². The predicted molar refractivity (Wildman–Crippen MR) is 232 cm³/mol. The van der Waals surface area contributed by atoms with Crippen LogP contribution in [0.1, 0.15) is 0 Å². The number of aromatic nitrogens is 3. The Kier molecular flexibility index (Phi) is 8.47. The van der Waals surface area contributed by atoms with Gasteiger partial charge in [0.15, 0.2) is 25.5 Å². The quantitative estimate of drug-likeness (QED) is 0.115. The van der Waals surface area contributed by atoms with Gasteiger partial charge in [-0.25, -0.2) is 15.0 Å². The SMILES string of the molecule is c1ccc(-c2nc(-c3ccc([Si](c4ccccc4)(c4ccccc4)c4ccccc4)cc3)nc(-c3cccc4oc5c(-c6ccccc6)cccc5c34)n2)cc1. The maximum atomic E-state index is 6.62. The third kappa shape index (κ3) is 5.73. The molecule has 2 aromatic heterocycles. The van der Waals surface area contributed by atoms with Crippen molar-refractivity contribution in [1.82, 2.24) is 15.0 Å². The monoisotopic (exact) mass is 733 g/mol. The highest BCUT2D eigenvalue weighted by Gasteiger charge is 2.41. The van der Waals surface area contributed by atoms with Gasteiger partial charge in [-0.3, -0.25) is 0 Å². The Bertz CT molecular complexity index is 2840. The second-order valence-corrected chi connectivity index (χ2v) is 17.7. The number of hydrogen-bond acceptors (Lipinski definition) is 4. The minimum Gasteiger partial charge on any atom is -0.455 e. The number of nitrogens with zero attached hydrogens (tertiary/aromatic N) is 3. The second kappa shape index (κ2) is 14.2. The minimum atomic E-state index is -2.69. The molecule has 10 aromatic rings. The highest BCUT2D eigenvalue weighted by molar-refractivity contribution is 7.19. The molecule has 0 radical (unpaired) electrons. The summed E-state index contributed by atoms with van der Waals surface area (Å²) >= 11 is 0. The van der Waals surface area contributed by atoms with E-state index in [4.69, 9.17) is 19.4 Å². The first-order valence-electron chi connectivity index (χ1n) is 18.9. The number of fused-ring (bicyclic) bond motifs is 3. The summed E-state index contributed by atoms with van der Waals surface area (Å²) in [5.41, 5.74) is 6.53. The third-order valence-electron chi connectivity index (χ3n) is 10.7. The van der Waals surface area contributed by atoms with Crippen molar-refractivity contribution in [3.8, 4) is 45.3 Å². The fourth-order valence-corrected chi connectivity index (χ4v) is 12.9. The highest BCUT2D eigenvalue weighted by atomic mass is 28.3. The first-order chi connectivity index (χ1) is 27.8. The maximum absolute atomic E-state index is 6.62. The van der Waals surface area contributed by atoms with E-state index in [0.717, 1.165) is 49.8 Å². The van der Waals surface area contributed by atoms with Gasteiger partial charge in [-0.2, -0.15) is 0 Å². The Hall–Kier alpha value is -7.21. The molecule has 0 spiro atoms. The topological polar surface area (TPSA) is 51.8 Å². The molecule has 0 fully saturated rings. The molecule has 8 aromatic carbocycles. The summed E-state index contributed by atoms with van der Waals surface area (Å²) in [6.07, 6.45) is 0. The van der Waals surface area contributed by atoms with Gasteiger partial charge in [0.05, 0.1) is 0 Å². The van der Waals surface area contributed by atoms with Crippen molar-refractivity contribution in [3.05, 3.63) is 212 Å².